The summed E-state index contributed by atoms with van der Waals surface area (Å²) in [5, 5.41) is 3.48. The van der Waals surface area contributed by atoms with E-state index in [0.717, 1.165) is 6.42 Å². The quantitative estimate of drug-likeness (QED) is 0.845. The molecule has 0 spiro atoms. The number of rotatable bonds is 5. The second-order valence-corrected chi connectivity index (χ2v) is 5.05. The Bertz CT molecular complexity index is 500. The van der Waals surface area contributed by atoms with Crippen molar-refractivity contribution in [1.29, 1.82) is 0 Å². The predicted octanol–water partition coefficient (Wildman–Crippen LogP) is 4.12. The molecule has 0 aliphatic heterocycles. The van der Waals surface area contributed by atoms with Crippen LogP contribution < -0.4 is 5.32 Å². The highest BCUT2D eigenvalue weighted by Gasteiger charge is 2.23. The molecule has 0 radical (unpaired) electrons. The minimum atomic E-state index is 0.414. The van der Waals surface area contributed by atoms with E-state index < -0.39 is 0 Å². The first kappa shape index (κ1) is 13.8. The van der Waals surface area contributed by atoms with Crippen molar-refractivity contribution in [3.8, 4) is 0 Å². The summed E-state index contributed by atoms with van der Waals surface area (Å²) >= 11 is 0. The van der Waals surface area contributed by atoms with E-state index in [9.17, 15) is 0 Å². The minimum absolute atomic E-state index is 0.414. The van der Waals surface area contributed by atoms with E-state index in [2.05, 4.69) is 80.8 Å². The van der Waals surface area contributed by atoms with E-state index >= 15 is 0 Å². The highest BCUT2D eigenvalue weighted by Crippen LogP contribution is 2.31. The van der Waals surface area contributed by atoms with Gasteiger partial charge in [-0.25, -0.2) is 0 Å². The summed E-state index contributed by atoms with van der Waals surface area (Å²) in [5.41, 5.74) is 4.18. The fourth-order valence-electron chi connectivity index (χ4n) is 2.83. The molecule has 2 aromatic rings. The van der Waals surface area contributed by atoms with Crippen molar-refractivity contribution in [1.82, 2.24) is 5.32 Å². The zero-order chi connectivity index (χ0) is 13.7. The Balaban J connectivity index is 2.49. The molecule has 2 rings (SSSR count). The number of nitrogens with one attached hydrogen (secondary N) is 1. The van der Waals surface area contributed by atoms with Crippen molar-refractivity contribution >= 4 is 0 Å². The van der Waals surface area contributed by atoms with Gasteiger partial charge in [-0.15, -0.1) is 0 Å². The van der Waals surface area contributed by atoms with Gasteiger partial charge in [0, 0.05) is 12.0 Å². The summed E-state index contributed by atoms with van der Waals surface area (Å²) in [6.45, 7) is 4.45. The molecule has 19 heavy (non-hydrogen) atoms. The maximum absolute atomic E-state index is 3.48. The highest BCUT2D eigenvalue weighted by atomic mass is 14.9. The van der Waals surface area contributed by atoms with Gasteiger partial charge in [-0.2, -0.15) is 0 Å². The Morgan fingerprint density at radius 2 is 1.58 bits per heavy atom. The Labute approximate surface area is 116 Å². The maximum Gasteiger partial charge on any atom is 0.0245 e. The third-order valence-electron chi connectivity index (χ3n) is 3.90. The molecule has 2 aromatic carbocycles. The van der Waals surface area contributed by atoms with Gasteiger partial charge in [-0.05, 0) is 37.1 Å². The van der Waals surface area contributed by atoms with Crippen molar-refractivity contribution in [2.75, 3.05) is 7.05 Å². The third-order valence-corrected chi connectivity index (χ3v) is 3.90. The lowest BCUT2D eigenvalue weighted by atomic mass is 9.82. The molecule has 1 N–H and O–H groups in total. The van der Waals surface area contributed by atoms with Gasteiger partial charge >= 0.3 is 0 Å². The standard InChI is InChI=1S/C18H23N/c1-4-17(19-3)18(15-11-6-5-7-12-15)16-13-9-8-10-14(16)2/h5-13,17-19H,4H2,1-3H3. The molecule has 1 nitrogen and oxygen atoms in total. The molecule has 0 saturated carbocycles. The van der Waals surface area contributed by atoms with Crippen molar-refractivity contribution in [2.45, 2.75) is 32.2 Å². The zero-order valence-electron chi connectivity index (χ0n) is 12.1. The zero-order valence-corrected chi connectivity index (χ0v) is 12.1. The van der Waals surface area contributed by atoms with E-state index in [1.165, 1.54) is 16.7 Å². The molecule has 0 aromatic heterocycles. The molecule has 0 amide bonds. The summed E-state index contributed by atoms with van der Waals surface area (Å²) in [5.74, 6) is 0.414. The molecule has 0 aliphatic carbocycles. The fourth-order valence-corrected chi connectivity index (χ4v) is 2.83. The van der Waals surface area contributed by atoms with Gasteiger partial charge in [0.05, 0.1) is 0 Å². The van der Waals surface area contributed by atoms with Crippen molar-refractivity contribution in [3.63, 3.8) is 0 Å². The summed E-state index contributed by atoms with van der Waals surface area (Å²) < 4.78 is 0. The molecule has 2 atom stereocenters. The Hall–Kier alpha value is -1.60. The van der Waals surface area contributed by atoms with Crippen molar-refractivity contribution in [2.24, 2.45) is 0 Å². The molecular formula is C18H23N. The smallest absolute Gasteiger partial charge is 0.0245 e. The molecule has 2 unspecified atom stereocenters. The highest BCUT2D eigenvalue weighted by molar-refractivity contribution is 5.38. The molecule has 1 heteroatoms. The van der Waals surface area contributed by atoms with Crippen LogP contribution in [0.2, 0.25) is 0 Å². The molecule has 0 aliphatic rings. The van der Waals surface area contributed by atoms with Crippen LogP contribution in [0.4, 0.5) is 0 Å². The first-order valence-corrected chi connectivity index (χ1v) is 7.05. The number of likely N-dealkylation sites (N-methyl/N-ethyl adjacent to an activating group) is 1. The first-order chi connectivity index (χ1) is 9.27. The molecule has 0 heterocycles. The second kappa shape index (κ2) is 6.53. The molecule has 0 fully saturated rings. The lowest BCUT2D eigenvalue weighted by Crippen LogP contribution is -2.32. The summed E-state index contributed by atoms with van der Waals surface area (Å²) in [7, 11) is 2.06. The SMILES string of the molecule is CCC(NC)C(c1ccccc1)c1ccccc1C. The topological polar surface area (TPSA) is 12.0 Å². The number of hydrogen-bond acceptors (Lipinski definition) is 1. The summed E-state index contributed by atoms with van der Waals surface area (Å²) in [4.78, 5) is 0. The van der Waals surface area contributed by atoms with Gasteiger partial charge in [0.15, 0.2) is 0 Å². The second-order valence-electron chi connectivity index (χ2n) is 5.05. The largest absolute Gasteiger partial charge is 0.316 e. The van der Waals surface area contributed by atoms with Gasteiger partial charge in [0.2, 0.25) is 0 Å². The van der Waals surface area contributed by atoms with Crippen molar-refractivity contribution < 1.29 is 0 Å². The summed E-state index contributed by atoms with van der Waals surface area (Å²) in [6, 6.07) is 20.0. The molecular weight excluding hydrogens is 230 g/mol. The van der Waals surface area contributed by atoms with Gasteiger partial charge in [-0.1, -0.05) is 61.5 Å². The van der Waals surface area contributed by atoms with Gasteiger partial charge in [0.25, 0.3) is 0 Å². The Morgan fingerprint density at radius 1 is 0.947 bits per heavy atom. The lowest BCUT2D eigenvalue weighted by Gasteiger charge is -2.28. The summed E-state index contributed by atoms with van der Waals surface area (Å²) in [6.07, 6.45) is 1.12. The van der Waals surface area contributed by atoms with Crippen molar-refractivity contribution in [3.05, 3.63) is 71.3 Å². The first-order valence-electron chi connectivity index (χ1n) is 7.05. The third kappa shape index (κ3) is 3.05. The van der Waals surface area contributed by atoms with Crippen LogP contribution in [0.1, 0.15) is 36.0 Å². The average Bonchev–Trinajstić information content (AvgIpc) is 2.47. The number of hydrogen-bond donors (Lipinski definition) is 1. The molecule has 100 valence electrons. The predicted molar refractivity (Wildman–Crippen MR) is 82.6 cm³/mol. The maximum atomic E-state index is 3.48. The minimum Gasteiger partial charge on any atom is -0.316 e. The fraction of sp³-hybridized carbons (Fsp3) is 0.333. The van der Waals surface area contributed by atoms with E-state index in [4.69, 9.17) is 0 Å². The number of aryl methyl sites for hydroxylation is 1. The number of benzene rings is 2. The Morgan fingerprint density at radius 3 is 2.16 bits per heavy atom. The van der Waals surface area contributed by atoms with E-state index in [-0.39, 0.29) is 0 Å². The van der Waals surface area contributed by atoms with Crippen LogP contribution in [0.15, 0.2) is 54.6 Å². The van der Waals surface area contributed by atoms with Crippen LogP contribution in [0, 0.1) is 6.92 Å². The van der Waals surface area contributed by atoms with Gasteiger partial charge < -0.3 is 5.32 Å². The molecule has 0 saturated heterocycles. The van der Waals surface area contributed by atoms with Crippen LogP contribution in [0.25, 0.3) is 0 Å². The van der Waals surface area contributed by atoms with Crippen LogP contribution in [-0.4, -0.2) is 13.1 Å². The van der Waals surface area contributed by atoms with Gasteiger partial charge in [0.1, 0.15) is 0 Å². The monoisotopic (exact) mass is 253 g/mol. The normalized spacial score (nSPS) is 14.1. The van der Waals surface area contributed by atoms with E-state index in [1.807, 2.05) is 0 Å². The Kier molecular flexibility index (Phi) is 4.75. The van der Waals surface area contributed by atoms with E-state index in [1.54, 1.807) is 0 Å². The average molecular weight is 253 g/mol. The van der Waals surface area contributed by atoms with E-state index in [0.29, 0.717) is 12.0 Å². The van der Waals surface area contributed by atoms with Crippen LogP contribution in [0.5, 0.6) is 0 Å². The van der Waals surface area contributed by atoms with Crippen LogP contribution in [0.3, 0.4) is 0 Å². The lowest BCUT2D eigenvalue weighted by molar-refractivity contribution is 0.491. The van der Waals surface area contributed by atoms with Crippen LogP contribution in [-0.2, 0) is 0 Å². The van der Waals surface area contributed by atoms with Gasteiger partial charge in [-0.3, -0.25) is 0 Å². The van der Waals surface area contributed by atoms with Crippen LogP contribution >= 0.6 is 0 Å². The molecule has 0 bridgehead atoms.